The Labute approximate surface area is 186 Å². The Morgan fingerprint density at radius 1 is 1.24 bits per heavy atom. The standard InChI is InChI=1S/C19H20FN5O.C2HF3O2/c1-25-8-7-22-17(25)11-26-19-13(12-3-2-4-12)5-6-14(18(19)20)15-9-24-16(21)10-23-15;3-2(4,5)1(6)7/h5-10,12H,2-4,11H2,1H3,(H2,21,24);(H,6,7). The molecule has 0 radical (unpaired) electrons. The molecule has 3 N–H and O–H groups in total. The summed E-state index contributed by atoms with van der Waals surface area (Å²) in [6, 6.07) is 3.69. The molecule has 33 heavy (non-hydrogen) atoms. The van der Waals surface area contributed by atoms with E-state index in [-0.39, 0.29) is 12.4 Å². The highest BCUT2D eigenvalue weighted by atomic mass is 19.4. The molecule has 0 amide bonds. The molecule has 1 saturated carbocycles. The number of ether oxygens (including phenoxy) is 1. The van der Waals surface area contributed by atoms with Crippen molar-refractivity contribution >= 4 is 11.8 Å². The number of nitrogens with two attached hydrogens (primary N) is 1. The molecule has 12 heteroatoms. The molecule has 176 valence electrons. The van der Waals surface area contributed by atoms with Crippen LogP contribution in [-0.2, 0) is 18.4 Å². The second-order valence-electron chi connectivity index (χ2n) is 7.35. The van der Waals surface area contributed by atoms with Gasteiger partial charge in [0, 0.05) is 30.6 Å². The van der Waals surface area contributed by atoms with Crippen LogP contribution in [0.4, 0.5) is 23.4 Å². The van der Waals surface area contributed by atoms with Crippen molar-refractivity contribution in [2.75, 3.05) is 5.73 Å². The van der Waals surface area contributed by atoms with E-state index in [1.54, 1.807) is 12.3 Å². The van der Waals surface area contributed by atoms with Crippen LogP contribution in [0.3, 0.4) is 0 Å². The molecule has 1 fully saturated rings. The van der Waals surface area contributed by atoms with Crippen molar-refractivity contribution in [2.45, 2.75) is 38.0 Å². The molecule has 0 unspecified atom stereocenters. The van der Waals surface area contributed by atoms with Gasteiger partial charge in [0.25, 0.3) is 0 Å². The zero-order valence-electron chi connectivity index (χ0n) is 17.5. The minimum atomic E-state index is -5.08. The first-order valence-corrected chi connectivity index (χ1v) is 9.87. The van der Waals surface area contributed by atoms with E-state index in [0.29, 0.717) is 23.0 Å². The van der Waals surface area contributed by atoms with E-state index >= 15 is 4.39 Å². The van der Waals surface area contributed by atoms with Gasteiger partial charge in [0.1, 0.15) is 18.2 Å². The van der Waals surface area contributed by atoms with Gasteiger partial charge in [-0.25, -0.2) is 19.2 Å². The molecule has 0 aliphatic heterocycles. The number of carboxylic acids is 1. The van der Waals surface area contributed by atoms with Crippen LogP contribution in [0.1, 0.15) is 36.6 Å². The van der Waals surface area contributed by atoms with Gasteiger partial charge in [-0.1, -0.05) is 12.5 Å². The Kier molecular flexibility index (Phi) is 7.14. The summed E-state index contributed by atoms with van der Waals surface area (Å²) in [5.74, 6) is -1.51. The van der Waals surface area contributed by atoms with Gasteiger partial charge in [0.2, 0.25) is 0 Å². The number of benzene rings is 1. The second-order valence-corrected chi connectivity index (χ2v) is 7.35. The van der Waals surface area contributed by atoms with Crippen LogP contribution in [0.15, 0.2) is 36.9 Å². The van der Waals surface area contributed by atoms with Crippen molar-refractivity contribution < 1.29 is 32.2 Å². The van der Waals surface area contributed by atoms with E-state index < -0.39 is 18.0 Å². The van der Waals surface area contributed by atoms with Crippen LogP contribution in [-0.4, -0.2) is 36.8 Å². The van der Waals surface area contributed by atoms with Gasteiger partial charge in [0.15, 0.2) is 11.6 Å². The zero-order valence-corrected chi connectivity index (χ0v) is 17.5. The number of imidazole rings is 1. The summed E-state index contributed by atoms with van der Waals surface area (Å²) in [6.45, 7) is 0.205. The molecular weight excluding hydrogens is 446 g/mol. The zero-order chi connectivity index (χ0) is 24.2. The number of nitrogens with zero attached hydrogens (tertiary/aromatic N) is 4. The summed E-state index contributed by atoms with van der Waals surface area (Å²) >= 11 is 0. The molecule has 0 saturated heterocycles. The minimum absolute atomic E-state index is 0.205. The number of nitrogen functional groups attached to an aromatic ring is 1. The predicted molar refractivity (Wildman–Crippen MR) is 110 cm³/mol. The van der Waals surface area contributed by atoms with Gasteiger partial charge in [-0.05, 0) is 24.8 Å². The number of hydrogen-bond acceptors (Lipinski definition) is 6. The van der Waals surface area contributed by atoms with Crippen LogP contribution < -0.4 is 10.5 Å². The van der Waals surface area contributed by atoms with E-state index in [9.17, 15) is 13.2 Å². The van der Waals surface area contributed by atoms with Crippen LogP contribution >= 0.6 is 0 Å². The number of aryl methyl sites for hydroxylation is 1. The lowest BCUT2D eigenvalue weighted by Gasteiger charge is -2.28. The van der Waals surface area contributed by atoms with Crippen LogP contribution in [0, 0.1) is 5.82 Å². The summed E-state index contributed by atoms with van der Waals surface area (Å²) in [6.07, 6.45) is 4.61. The Hall–Kier alpha value is -3.70. The van der Waals surface area contributed by atoms with E-state index in [2.05, 4.69) is 15.0 Å². The van der Waals surface area contributed by atoms with Crippen molar-refractivity contribution in [2.24, 2.45) is 7.05 Å². The van der Waals surface area contributed by atoms with Gasteiger partial charge in [0.05, 0.1) is 18.1 Å². The molecule has 1 aliphatic rings. The van der Waals surface area contributed by atoms with Gasteiger partial charge < -0.3 is 20.1 Å². The lowest BCUT2D eigenvalue weighted by atomic mass is 9.79. The first-order valence-electron chi connectivity index (χ1n) is 9.87. The molecule has 3 aromatic rings. The third-order valence-corrected chi connectivity index (χ3v) is 5.13. The van der Waals surface area contributed by atoms with Gasteiger partial charge in [-0.3, -0.25) is 4.98 Å². The molecular formula is C21H21F4N5O3. The molecule has 0 spiro atoms. The number of aliphatic carboxylic acids is 1. The highest BCUT2D eigenvalue weighted by Crippen LogP contribution is 2.43. The Morgan fingerprint density at radius 3 is 2.42 bits per heavy atom. The van der Waals surface area contributed by atoms with Crippen LogP contribution in [0.5, 0.6) is 5.75 Å². The molecule has 1 aliphatic carbocycles. The van der Waals surface area contributed by atoms with Crippen molar-refractivity contribution in [3.8, 4) is 17.0 Å². The number of aromatic nitrogens is 4. The van der Waals surface area contributed by atoms with Gasteiger partial charge in [-0.2, -0.15) is 13.2 Å². The van der Waals surface area contributed by atoms with Crippen molar-refractivity contribution in [1.82, 2.24) is 19.5 Å². The molecule has 8 nitrogen and oxygen atoms in total. The molecule has 1 aromatic carbocycles. The molecule has 0 atom stereocenters. The highest BCUT2D eigenvalue weighted by Gasteiger charge is 2.38. The van der Waals surface area contributed by atoms with E-state index in [4.69, 9.17) is 20.4 Å². The maximum atomic E-state index is 15.3. The topological polar surface area (TPSA) is 116 Å². The van der Waals surface area contributed by atoms with Crippen molar-refractivity contribution in [1.29, 1.82) is 0 Å². The number of alkyl halides is 3. The number of rotatable bonds is 5. The summed E-state index contributed by atoms with van der Waals surface area (Å²) in [7, 11) is 1.88. The maximum Gasteiger partial charge on any atom is 0.490 e. The molecule has 0 bridgehead atoms. The number of hydrogen-bond donors (Lipinski definition) is 2. The normalized spacial score (nSPS) is 13.6. The largest absolute Gasteiger partial charge is 0.490 e. The Morgan fingerprint density at radius 2 is 1.94 bits per heavy atom. The van der Waals surface area contributed by atoms with Crippen LogP contribution in [0.25, 0.3) is 11.3 Å². The third kappa shape index (κ3) is 5.76. The lowest BCUT2D eigenvalue weighted by Crippen LogP contribution is -2.21. The summed E-state index contributed by atoms with van der Waals surface area (Å²) in [5.41, 5.74) is 7.28. The number of carboxylic acid groups (broad SMARTS) is 1. The van der Waals surface area contributed by atoms with E-state index in [1.165, 1.54) is 12.4 Å². The number of halogens is 4. The lowest BCUT2D eigenvalue weighted by molar-refractivity contribution is -0.192. The third-order valence-electron chi connectivity index (χ3n) is 5.13. The highest BCUT2D eigenvalue weighted by molar-refractivity contribution is 5.73. The summed E-state index contributed by atoms with van der Waals surface area (Å²) < 4.78 is 54.8. The fraction of sp³-hybridized carbons (Fsp3) is 0.333. The smallest absolute Gasteiger partial charge is 0.482 e. The second kappa shape index (κ2) is 9.84. The molecule has 2 heterocycles. The average molecular weight is 467 g/mol. The van der Waals surface area contributed by atoms with Crippen molar-refractivity contribution in [3.63, 3.8) is 0 Å². The van der Waals surface area contributed by atoms with Crippen LogP contribution in [0.2, 0.25) is 0 Å². The predicted octanol–water partition coefficient (Wildman–Crippen LogP) is 4.08. The Bertz CT molecular complexity index is 1110. The molecule has 2 aromatic heterocycles. The first kappa shape index (κ1) is 24.0. The number of carbonyl (C=O) groups is 1. The summed E-state index contributed by atoms with van der Waals surface area (Å²) in [5, 5.41) is 7.12. The summed E-state index contributed by atoms with van der Waals surface area (Å²) in [4.78, 5) is 21.3. The SMILES string of the molecule is Cn1ccnc1COc1c(C2CCC2)ccc(-c2cnc(N)cn2)c1F.O=C(O)C(F)(F)F. The van der Waals surface area contributed by atoms with E-state index in [0.717, 1.165) is 30.7 Å². The number of anilines is 1. The van der Waals surface area contributed by atoms with E-state index in [1.807, 2.05) is 23.9 Å². The average Bonchev–Trinajstić information content (AvgIpc) is 3.12. The van der Waals surface area contributed by atoms with Gasteiger partial charge in [-0.15, -0.1) is 0 Å². The van der Waals surface area contributed by atoms with Crippen molar-refractivity contribution in [3.05, 3.63) is 54.1 Å². The Balaban J connectivity index is 0.000000383. The van der Waals surface area contributed by atoms with Gasteiger partial charge >= 0.3 is 12.1 Å². The fourth-order valence-corrected chi connectivity index (χ4v) is 3.11. The quantitative estimate of drug-likeness (QED) is 0.543. The minimum Gasteiger partial charge on any atom is -0.482 e. The molecule has 4 rings (SSSR count). The first-order chi connectivity index (χ1) is 15.6. The monoisotopic (exact) mass is 467 g/mol. The fourth-order valence-electron chi connectivity index (χ4n) is 3.11. The maximum absolute atomic E-state index is 15.3.